The van der Waals surface area contributed by atoms with Crippen molar-refractivity contribution in [1.29, 1.82) is 0 Å². The third kappa shape index (κ3) is 2.18. The number of aliphatic hydroxyl groups excluding tert-OH is 1. The van der Waals surface area contributed by atoms with Gasteiger partial charge in [0.1, 0.15) is 6.04 Å². The van der Waals surface area contributed by atoms with E-state index in [1.54, 1.807) is 7.05 Å². The minimum absolute atomic E-state index is 0.0588. The van der Waals surface area contributed by atoms with Crippen molar-refractivity contribution in [3.05, 3.63) is 0 Å². The average Bonchev–Trinajstić information content (AvgIpc) is 2.31. The molecule has 0 radical (unpaired) electrons. The second-order valence-electron chi connectivity index (χ2n) is 3.37. The molecule has 0 aromatic rings. The summed E-state index contributed by atoms with van der Waals surface area (Å²) in [5, 5.41) is 20.6. The van der Waals surface area contributed by atoms with Gasteiger partial charge in [-0.25, -0.2) is 0 Å². The number of carboxylic acid groups (broad SMARTS) is 1. The number of ether oxygens (including phenoxy) is 1. The molecule has 5 heteroatoms. The fourth-order valence-corrected chi connectivity index (χ4v) is 1.66. The lowest BCUT2D eigenvalue weighted by molar-refractivity contribution is -0.149. The van der Waals surface area contributed by atoms with E-state index in [0.29, 0.717) is 6.42 Å². The Hall–Kier alpha value is -0.650. The fourth-order valence-electron chi connectivity index (χ4n) is 1.66. The first-order chi connectivity index (χ1) is 6.06. The third-order valence-corrected chi connectivity index (χ3v) is 2.35. The molecule has 0 saturated carbocycles. The molecule has 1 saturated heterocycles. The van der Waals surface area contributed by atoms with Crippen molar-refractivity contribution in [1.82, 2.24) is 5.32 Å². The molecule has 3 N–H and O–H groups in total. The number of hydrogen-bond acceptors (Lipinski definition) is 4. The van der Waals surface area contributed by atoms with Crippen molar-refractivity contribution in [2.75, 3.05) is 7.05 Å². The Balaban J connectivity index is 2.64. The van der Waals surface area contributed by atoms with Crippen LogP contribution in [0.4, 0.5) is 0 Å². The molecule has 0 aromatic carbocycles. The molecule has 4 atom stereocenters. The predicted molar refractivity (Wildman–Crippen MR) is 45.1 cm³/mol. The molecule has 1 aliphatic rings. The van der Waals surface area contributed by atoms with Crippen molar-refractivity contribution in [3.63, 3.8) is 0 Å². The largest absolute Gasteiger partial charge is 0.480 e. The van der Waals surface area contributed by atoms with E-state index < -0.39 is 24.4 Å². The average molecular weight is 189 g/mol. The van der Waals surface area contributed by atoms with Gasteiger partial charge in [-0.1, -0.05) is 6.92 Å². The highest BCUT2D eigenvalue weighted by Gasteiger charge is 2.39. The van der Waals surface area contributed by atoms with Gasteiger partial charge in [-0.2, -0.15) is 0 Å². The molecule has 1 fully saturated rings. The number of hydrogen-bond donors (Lipinski definition) is 3. The van der Waals surface area contributed by atoms with Gasteiger partial charge in [-0.15, -0.1) is 0 Å². The highest BCUT2D eigenvalue weighted by molar-refractivity contribution is 5.74. The third-order valence-electron chi connectivity index (χ3n) is 2.35. The van der Waals surface area contributed by atoms with Gasteiger partial charge in [0.25, 0.3) is 0 Å². The zero-order valence-corrected chi connectivity index (χ0v) is 7.73. The SMILES string of the molecule is CNC(C(=O)O)[C@@H]1OC(O)C[C@H]1C. The van der Waals surface area contributed by atoms with Crippen LogP contribution >= 0.6 is 0 Å². The number of aliphatic hydroxyl groups is 1. The van der Waals surface area contributed by atoms with E-state index >= 15 is 0 Å². The number of aliphatic carboxylic acids is 1. The Kier molecular flexibility index (Phi) is 3.24. The van der Waals surface area contributed by atoms with E-state index in [0.717, 1.165) is 0 Å². The summed E-state index contributed by atoms with van der Waals surface area (Å²) in [5.41, 5.74) is 0. The lowest BCUT2D eigenvalue weighted by Gasteiger charge is -2.21. The standard InChI is InChI=1S/C8H15NO4/c1-4-3-5(10)13-7(4)6(9-2)8(11)12/h4-7,9-10H,3H2,1-2H3,(H,11,12)/t4-,5?,6?,7-/m1/s1. The van der Waals surface area contributed by atoms with Crippen molar-refractivity contribution in [2.24, 2.45) is 5.92 Å². The van der Waals surface area contributed by atoms with Gasteiger partial charge >= 0.3 is 5.97 Å². The van der Waals surface area contributed by atoms with Crippen LogP contribution in [-0.4, -0.2) is 41.7 Å². The molecule has 1 rings (SSSR count). The van der Waals surface area contributed by atoms with Crippen molar-refractivity contribution < 1.29 is 19.7 Å². The number of carboxylic acids is 1. The molecule has 0 bridgehead atoms. The maximum absolute atomic E-state index is 10.7. The van der Waals surface area contributed by atoms with Crippen molar-refractivity contribution in [3.8, 4) is 0 Å². The van der Waals surface area contributed by atoms with Gasteiger partial charge < -0.3 is 20.3 Å². The summed E-state index contributed by atoms with van der Waals surface area (Å²) in [6, 6.07) is -0.743. The molecular formula is C8H15NO4. The van der Waals surface area contributed by atoms with E-state index in [9.17, 15) is 4.79 Å². The summed E-state index contributed by atoms with van der Waals surface area (Å²) in [6.07, 6.45) is -0.774. The second kappa shape index (κ2) is 4.04. The van der Waals surface area contributed by atoms with E-state index in [4.69, 9.17) is 14.9 Å². The summed E-state index contributed by atoms with van der Waals surface area (Å²) in [5.74, 6) is -0.892. The number of rotatable bonds is 3. The highest BCUT2D eigenvalue weighted by atomic mass is 16.6. The van der Waals surface area contributed by atoms with Crippen LogP contribution in [0.3, 0.4) is 0 Å². The first-order valence-electron chi connectivity index (χ1n) is 4.30. The van der Waals surface area contributed by atoms with Crippen molar-refractivity contribution in [2.45, 2.75) is 31.8 Å². The lowest BCUT2D eigenvalue weighted by Crippen LogP contribution is -2.46. The first-order valence-corrected chi connectivity index (χ1v) is 4.30. The van der Waals surface area contributed by atoms with Gasteiger partial charge in [0.15, 0.2) is 6.29 Å². The molecule has 76 valence electrons. The zero-order chi connectivity index (χ0) is 10.0. The van der Waals surface area contributed by atoms with Crippen LogP contribution in [0.15, 0.2) is 0 Å². The molecule has 0 amide bonds. The highest BCUT2D eigenvalue weighted by Crippen LogP contribution is 2.26. The van der Waals surface area contributed by atoms with Crippen LogP contribution in [0.1, 0.15) is 13.3 Å². The minimum atomic E-state index is -0.951. The molecule has 0 aromatic heterocycles. The summed E-state index contributed by atoms with van der Waals surface area (Å²) in [4.78, 5) is 10.7. The van der Waals surface area contributed by atoms with Crippen LogP contribution in [0.25, 0.3) is 0 Å². The smallest absolute Gasteiger partial charge is 0.323 e. The molecule has 13 heavy (non-hydrogen) atoms. The normalized spacial score (nSPS) is 36.1. The van der Waals surface area contributed by atoms with Gasteiger partial charge in [0, 0.05) is 6.42 Å². The quantitative estimate of drug-likeness (QED) is 0.552. The summed E-state index contributed by atoms with van der Waals surface area (Å²) in [6.45, 7) is 1.87. The van der Waals surface area contributed by atoms with Crippen molar-refractivity contribution >= 4 is 5.97 Å². The minimum Gasteiger partial charge on any atom is -0.480 e. The number of likely N-dealkylation sites (N-methyl/N-ethyl adjacent to an activating group) is 1. The molecule has 1 aliphatic heterocycles. The van der Waals surface area contributed by atoms with Gasteiger partial charge in [0.05, 0.1) is 6.10 Å². The Morgan fingerprint density at radius 2 is 2.31 bits per heavy atom. The van der Waals surface area contributed by atoms with E-state index in [1.165, 1.54) is 0 Å². The second-order valence-corrected chi connectivity index (χ2v) is 3.37. The molecule has 0 aliphatic carbocycles. The maximum Gasteiger partial charge on any atom is 0.323 e. The maximum atomic E-state index is 10.7. The topological polar surface area (TPSA) is 78.8 Å². The molecular weight excluding hydrogens is 174 g/mol. The lowest BCUT2D eigenvalue weighted by atomic mass is 9.97. The van der Waals surface area contributed by atoms with E-state index in [1.807, 2.05) is 6.92 Å². The summed E-state index contributed by atoms with van der Waals surface area (Å²) >= 11 is 0. The fraction of sp³-hybridized carbons (Fsp3) is 0.875. The monoisotopic (exact) mass is 189 g/mol. The Labute approximate surface area is 76.7 Å². The first kappa shape index (κ1) is 10.4. The summed E-state index contributed by atoms with van der Waals surface area (Å²) in [7, 11) is 1.57. The van der Waals surface area contributed by atoms with Crippen LogP contribution in [0, 0.1) is 5.92 Å². The van der Waals surface area contributed by atoms with Crippen LogP contribution in [0.2, 0.25) is 0 Å². The van der Waals surface area contributed by atoms with E-state index in [-0.39, 0.29) is 5.92 Å². The van der Waals surface area contributed by atoms with Gasteiger partial charge in [-0.05, 0) is 13.0 Å². The molecule has 0 spiro atoms. The number of nitrogens with one attached hydrogen (secondary N) is 1. The van der Waals surface area contributed by atoms with Crippen LogP contribution in [0.5, 0.6) is 0 Å². The zero-order valence-electron chi connectivity index (χ0n) is 7.73. The Bertz CT molecular complexity index is 197. The van der Waals surface area contributed by atoms with Gasteiger partial charge in [-0.3, -0.25) is 4.79 Å². The van der Waals surface area contributed by atoms with Gasteiger partial charge in [0.2, 0.25) is 0 Å². The molecule has 2 unspecified atom stereocenters. The summed E-state index contributed by atoms with van der Waals surface area (Å²) < 4.78 is 5.10. The molecule has 1 heterocycles. The Morgan fingerprint density at radius 3 is 2.62 bits per heavy atom. The van der Waals surface area contributed by atoms with Crippen LogP contribution in [-0.2, 0) is 9.53 Å². The molecule has 5 nitrogen and oxygen atoms in total. The van der Waals surface area contributed by atoms with E-state index in [2.05, 4.69) is 5.32 Å². The Morgan fingerprint density at radius 1 is 1.69 bits per heavy atom. The van der Waals surface area contributed by atoms with Crippen LogP contribution < -0.4 is 5.32 Å². The number of carbonyl (C=O) groups is 1. The predicted octanol–water partition coefficient (Wildman–Crippen LogP) is -0.598.